The lowest BCUT2D eigenvalue weighted by Gasteiger charge is -1.99. The number of hydrogen-bond donors (Lipinski definition) is 2. The second-order valence-corrected chi connectivity index (χ2v) is 2.84. The Bertz CT molecular complexity index is 305. The Morgan fingerprint density at radius 1 is 1.50 bits per heavy atom. The quantitative estimate of drug-likeness (QED) is 0.659. The summed E-state index contributed by atoms with van der Waals surface area (Å²) >= 11 is 0. The summed E-state index contributed by atoms with van der Waals surface area (Å²) in [5.41, 5.74) is 1.07. The Labute approximate surface area is 80.7 Å². The Morgan fingerprint density at radius 3 is 3.21 bits per heavy atom. The van der Waals surface area contributed by atoms with Gasteiger partial charge >= 0.3 is 0 Å². The third kappa shape index (κ3) is 2.40. The van der Waals surface area contributed by atoms with Crippen molar-refractivity contribution in [2.75, 3.05) is 6.54 Å². The summed E-state index contributed by atoms with van der Waals surface area (Å²) in [4.78, 5) is 10.8. The third-order valence-corrected chi connectivity index (χ3v) is 1.79. The zero-order valence-electron chi connectivity index (χ0n) is 7.60. The minimum atomic E-state index is 0.655. The molecule has 14 heavy (non-hydrogen) atoms. The molecule has 0 aliphatic heterocycles. The molecular formula is C8H11N5O. The number of imidazole rings is 1. The highest BCUT2D eigenvalue weighted by Crippen LogP contribution is 1.92. The van der Waals surface area contributed by atoms with E-state index in [4.69, 9.17) is 4.52 Å². The Morgan fingerprint density at radius 2 is 2.50 bits per heavy atom. The predicted octanol–water partition coefficient (Wildman–Crippen LogP) is 0.125. The Hall–Kier alpha value is -1.69. The normalized spacial score (nSPS) is 10.6. The molecule has 6 nitrogen and oxygen atoms in total. The monoisotopic (exact) mass is 193 g/mol. The molecule has 0 aliphatic carbocycles. The van der Waals surface area contributed by atoms with Gasteiger partial charge in [-0.15, -0.1) is 0 Å². The van der Waals surface area contributed by atoms with Crippen LogP contribution in [0.5, 0.6) is 0 Å². The summed E-state index contributed by atoms with van der Waals surface area (Å²) in [6.07, 6.45) is 5.60. The van der Waals surface area contributed by atoms with Crippen molar-refractivity contribution in [3.05, 3.63) is 30.4 Å². The molecule has 0 bridgehead atoms. The first-order valence-corrected chi connectivity index (χ1v) is 4.38. The molecule has 0 saturated carbocycles. The molecule has 2 aromatic heterocycles. The topological polar surface area (TPSA) is 79.6 Å². The van der Waals surface area contributed by atoms with E-state index < -0.39 is 0 Å². The van der Waals surface area contributed by atoms with Crippen molar-refractivity contribution in [1.29, 1.82) is 0 Å². The standard InChI is InChI=1S/C8H11N5O/c1(8-12-6-13-14-8)2-9-3-7-4-10-5-11-7/h4-6,9H,1-3H2,(H,10,11). The highest BCUT2D eigenvalue weighted by Gasteiger charge is 1.98. The van der Waals surface area contributed by atoms with Gasteiger partial charge in [0.1, 0.15) is 0 Å². The fraction of sp³-hybridized carbons (Fsp3) is 0.375. The van der Waals surface area contributed by atoms with E-state index in [0.717, 1.165) is 25.2 Å². The van der Waals surface area contributed by atoms with Gasteiger partial charge in [0.25, 0.3) is 0 Å². The number of aromatic amines is 1. The molecule has 0 saturated heterocycles. The molecule has 6 heteroatoms. The number of H-pyrrole nitrogens is 1. The SMILES string of the molecule is c1noc(CCNCc2cnc[nH]2)n1. The fourth-order valence-electron chi connectivity index (χ4n) is 1.11. The van der Waals surface area contributed by atoms with E-state index in [-0.39, 0.29) is 0 Å². The van der Waals surface area contributed by atoms with Crippen LogP contribution in [-0.4, -0.2) is 26.7 Å². The van der Waals surface area contributed by atoms with E-state index in [9.17, 15) is 0 Å². The minimum Gasteiger partial charge on any atom is -0.347 e. The molecule has 0 aromatic carbocycles. The molecule has 0 fully saturated rings. The van der Waals surface area contributed by atoms with E-state index in [1.165, 1.54) is 6.33 Å². The van der Waals surface area contributed by atoms with Crippen LogP contribution in [0.3, 0.4) is 0 Å². The van der Waals surface area contributed by atoms with Crippen LogP contribution in [0.1, 0.15) is 11.6 Å². The largest absolute Gasteiger partial charge is 0.347 e. The van der Waals surface area contributed by atoms with Gasteiger partial charge in [-0.2, -0.15) is 4.98 Å². The van der Waals surface area contributed by atoms with Crippen LogP contribution in [0.25, 0.3) is 0 Å². The van der Waals surface area contributed by atoms with Crippen LogP contribution >= 0.6 is 0 Å². The third-order valence-electron chi connectivity index (χ3n) is 1.79. The average molecular weight is 193 g/mol. The minimum absolute atomic E-state index is 0.655. The van der Waals surface area contributed by atoms with Crippen LogP contribution < -0.4 is 5.32 Å². The second-order valence-electron chi connectivity index (χ2n) is 2.84. The number of nitrogens with one attached hydrogen (secondary N) is 2. The first-order chi connectivity index (χ1) is 6.95. The molecule has 0 spiro atoms. The fourth-order valence-corrected chi connectivity index (χ4v) is 1.11. The molecule has 0 amide bonds. The molecule has 2 aromatic rings. The number of hydrogen-bond acceptors (Lipinski definition) is 5. The molecule has 2 heterocycles. The van der Waals surface area contributed by atoms with Crippen LogP contribution in [0.15, 0.2) is 23.4 Å². The maximum Gasteiger partial charge on any atom is 0.227 e. The van der Waals surface area contributed by atoms with Crippen LogP contribution in [-0.2, 0) is 13.0 Å². The van der Waals surface area contributed by atoms with Gasteiger partial charge in [-0.25, -0.2) is 4.98 Å². The zero-order chi connectivity index (χ0) is 9.64. The number of aromatic nitrogens is 4. The second kappa shape index (κ2) is 4.52. The molecule has 0 radical (unpaired) electrons. The first kappa shape index (κ1) is 8.89. The number of rotatable bonds is 5. The van der Waals surface area contributed by atoms with E-state index in [0.29, 0.717) is 5.89 Å². The molecule has 2 N–H and O–H groups in total. The van der Waals surface area contributed by atoms with Crippen molar-refractivity contribution in [3.63, 3.8) is 0 Å². The van der Waals surface area contributed by atoms with E-state index in [1.807, 2.05) is 0 Å². The average Bonchev–Trinajstić information content (AvgIpc) is 2.86. The van der Waals surface area contributed by atoms with Crippen molar-refractivity contribution in [2.45, 2.75) is 13.0 Å². The summed E-state index contributed by atoms with van der Waals surface area (Å²) < 4.78 is 4.85. The van der Waals surface area contributed by atoms with E-state index in [1.54, 1.807) is 12.5 Å². The Kier molecular flexibility index (Phi) is 2.87. The van der Waals surface area contributed by atoms with Gasteiger partial charge < -0.3 is 14.8 Å². The van der Waals surface area contributed by atoms with Crippen molar-refractivity contribution < 1.29 is 4.52 Å². The maximum atomic E-state index is 4.85. The molecule has 2 rings (SSSR count). The molecular weight excluding hydrogens is 182 g/mol. The lowest BCUT2D eigenvalue weighted by Crippen LogP contribution is -2.16. The summed E-state index contributed by atoms with van der Waals surface area (Å²) in [5, 5.41) is 6.75. The smallest absolute Gasteiger partial charge is 0.227 e. The lowest BCUT2D eigenvalue weighted by atomic mass is 10.4. The summed E-state index contributed by atoms with van der Waals surface area (Å²) in [5.74, 6) is 0.655. The highest BCUT2D eigenvalue weighted by atomic mass is 16.5. The Balaban J connectivity index is 1.65. The molecule has 0 aliphatic rings. The van der Waals surface area contributed by atoms with Gasteiger partial charge in [0.2, 0.25) is 5.89 Å². The molecule has 0 unspecified atom stereocenters. The number of nitrogens with zero attached hydrogens (tertiary/aromatic N) is 3. The van der Waals surface area contributed by atoms with Crippen molar-refractivity contribution >= 4 is 0 Å². The summed E-state index contributed by atoms with van der Waals surface area (Å²) in [6, 6.07) is 0. The summed E-state index contributed by atoms with van der Waals surface area (Å²) in [7, 11) is 0. The first-order valence-electron chi connectivity index (χ1n) is 4.38. The van der Waals surface area contributed by atoms with Crippen LogP contribution in [0.2, 0.25) is 0 Å². The molecule has 0 atom stereocenters. The van der Waals surface area contributed by atoms with Gasteiger partial charge in [0.15, 0.2) is 6.33 Å². The highest BCUT2D eigenvalue weighted by molar-refractivity contribution is 4.93. The molecule has 74 valence electrons. The lowest BCUT2D eigenvalue weighted by molar-refractivity contribution is 0.375. The van der Waals surface area contributed by atoms with Gasteiger partial charge in [-0.05, 0) is 0 Å². The summed E-state index contributed by atoms with van der Waals surface area (Å²) in [6.45, 7) is 1.58. The van der Waals surface area contributed by atoms with E-state index >= 15 is 0 Å². The van der Waals surface area contributed by atoms with Gasteiger partial charge in [0.05, 0.1) is 6.33 Å². The zero-order valence-corrected chi connectivity index (χ0v) is 7.60. The van der Waals surface area contributed by atoms with Gasteiger partial charge in [-0.3, -0.25) is 0 Å². The van der Waals surface area contributed by atoms with Crippen molar-refractivity contribution in [1.82, 2.24) is 25.4 Å². The maximum absolute atomic E-state index is 4.85. The van der Waals surface area contributed by atoms with Crippen LogP contribution in [0, 0.1) is 0 Å². The van der Waals surface area contributed by atoms with Crippen molar-refractivity contribution in [2.24, 2.45) is 0 Å². The van der Waals surface area contributed by atoms with Crippen molar-refractivity contribution in [3.8, 4) is 0 Å². The van der Waals surface area contributed by atoms with Gasteiger partial charge in [0, 0.05) is 31.4 Å². The predicted molar refractivity (Wildman–Crippen MR) is 48.3 cm³/mol. The van der Waals surface area contributed by atoms with E-state index in [2.05, 4.69) is 25.4 Å². The van der Waals surface area contributed by atoms with Crippen LogP contribution in [0.4, 0.5) is 0 Å². The van der Waals surface area contributed by atoms with Gasteiger partial charge in [-0.1, -0.05) is 5.16 Å².